The fourth-order valence-electron chi connectivity index (χ4n) is 4.43. The Kier molecular flexibility index (Phi) is 8.50. The Labute approximate surface area is 223 Å². The lowest BCUT2D eigenvalue weighted by molar-refractivity contribution is -0.0537. The van der Waals surface area contributed by atoms with Crippen LogP contribution >= 0.6 is 11.8 Å². The SMILES string of the molecule is CSc1ccccc1OC(=O)OC[C@H]1O[C@@H](n2ccc(NC(=O)c3c(C)cc(C)cc3C)nc2=O)C[C@@H]1O. The Morgan fingerprint density at radius 1 is 1.18 bits per heavy atom. The van der Waals surface area contributed by atoms with Crippen molar-refractivity contribution in [2.45, 2.75) is 50.5 Å². The highest BCUT2D eigenvalue weighted by Crippen LogP contribution is 2.29. The molecule has 2 N–H and O–H groups in total. The third-order valence-corrected chi connectivity index (χ3v) is 6.90. The summed E-state index contributed by atoms with van der Waals surface area (Å²) in [7, 11) is 0. The van der Waals surface area contributed by atoms with E-state index in [9.17, 15) is 19.5 Å². The highest BCUT2D eigenvalue weighted by atomic mass is 32.2. The summed E-state index contributed by atoms with van der Waals surface area (Å²) >= 11 is 1.43. The van der Waals surface area contributed by atoms with Crippen LogP contribution in [0.1, 0.15) is 39.7 Å². The van der Waals surface area contributed by atoms with Gasteiger partial charge in [-0.15, -0.1) is 11.8 Å². The summed E-state index contributed by atoms with van der Waals surface area (Å²) in [6.45, 7) is 5.40. The van der Waals surface area contributed by atoms with Gasteiger partial charge in [-0.2, -0.15) is 4.98 Å². The van der Waals surface area contributed by atoms with Crippen LogP contribution in [0.15, 0.2) is 58.4 Å². The van der Waals surface area contributed by atoms with Gasteiger partial charge in [0.05, 0.1) is 11.0 Å². The van der Waals surface area contributed by atoms with Gasteiger partial charge >= 0.3 is 11.8 Å². The molecule has 10 nitrogen and oxygen atoms in total. The number of amides is 1. The Bertz CT molecular complexity index is 1380. The second-order valence-corrected chi connectivity index (χ2v) is 9.82. The molecule has 11 heteroatoms. The summed E-state index contributed by atoms with van der Waals surface area (Å²) < 4.78 is 17.4. The first-order chi connectivity index (χ1) is 18.2. The van der Waals surface area contributed by atoms with E-state index in [1.807, 2.05) is 51.3 Å². The maximum Gasteiger partial charge on any atom is 0.513 e. The lowest BCUT2D eigenvalue weighted by atomic mass is 9.99. The van der Waals surface area contributed by atoms with Gasteiger partial charge in [-0.25, -0.2) is 9.59 Å². The number of ether oxygens (including phenoxy) is 3. The van der Waals surface area contributed by atoms with E-state index >= 15 is 0 Å². The van der Waals surface area contributed by atoms with Crippen LogP contribution in [0.4, 0.5) is 10.6 Å². The van der Waals surface area contributed by atoms with Gasteiger partial charge in [0.15, 0.2) is 0 Å². The molecule has 2 aromatic carbocycles. The molecule has 0 bridgehead atoms. The number of nitrogens with zero attached hydrogens (tertiary/aromatic N) is 2. The van der Waals surface area contributed by atoms with E-state index in [2.05, 4.69) is 10.3 Å². The van der Waals surface area contributed by atoms with E-state index in [1.165, 1.54) is 28.6 Å². The molecule has 0 spiro atoms. The van der Waals surface area contributed by atoms with Crippen molar-refractivity contribution in [2.75, 3.05) is 18.2 Å². The number of carbonyl (C=O) groups is 2. The number of aliphatic hydroxyl groups is 1. The smallest absolute Gasteiger partial charge is 0.431 e. The van der Waals surface area contributed by atoms with Crippen molar-refractivity contribution in [3.8, 4) is 5.75 Å². The molecule has 1 saturated heterocycles. The fourth-order valence-corrected chi connectivity index (χ4v) is 4.95. The maximum absolute atomic E-state index is 12.8. The van der Waals surface area contributed by atoms with Crippen LogP contribution in [-0.2, 0) is 9.47 Å². The summed E-state index contributed by atoms with van der Waals surface area (Å²) in [6, 6.07) is 12.4. The van der Waals surface area contributed by atoms with Gasteiger partial charge in [0.25, 0.3) is 5.91 Å². The standard InChI is InChI=1S/C27H29N3O7S/c1-15-11-16(2)24(17(3)12-15)25(32)28-22-9-10-30(26(33)29-22)23-13-18(31)20(36-23)14-35-27(34)37-19-7-5-6-8-21(19)38-4/h5-12,18,20,23,31H,13-14H2,1-4H3,(H,28,29,32,33)/t18-,20+,23+/m0/s1. The molecule has 2 heterocycles. The average molecular weight is 540 g/mol. The highest BCUT2D eigenvalue weighted by molar-refractivity contribution is 7.98. The zero-order valence-electron chi connectivity index (χ0n) is 21.5. The summed E-state index contributed by atoms with van der Waals surface area (Å²) in [4.78, 5) is 42.4. The van der Waals surface area contributed by atoms with Crippen LogP contribution in [0, 0.1) is 20.8 Å². The Morgan fingerprint density at radius 3 is 2.58 bits per heavy atom. The van der Waals surface area contributed by atoms with Crippen molar-refractivity contribution < 1.29 is 28.9 Å². The minimum atomic E-state index is -0.981. The number of anilines is 1. The Hall–Kier alpha value is -3.67. The molecule has 0 unspecified atom stereocenters. The molecule has 0 aliphatic carbocycles. The van der Waals surface area contributed by atoms with Crippen LogP contribution in [0.25, 0.3) is 0 Å². The van der Waals surface area contributed by atoms with Gasteiger partial charge in [-0.3, -0.25) is 9.36 Å². The van der Waals surface area contributed by atoms with Gasteiger partial charge < -0.3 is 24.6 Å². The zero-order valence-corrected chi connectivity index (χ0v) is 22.3. The predicted octanol–water partition coefficient (Wildman–Crippen LogP) is 4.01. The van der Waals surface area contributed by atoms with Crippen molar-refractivity contribution in [1.29, 1.82) is 0 Å². The van der Waals surface area contributed by atoms with E-state index in [0.717, 1.165) is 21.6 Å². The van der Waals surface area contributed by atoms with Crippen LogP contribution in [0.2, 0.25) is 0 Å². The van der Waals surface area contributed by atoms with Gasteiger partial charge in [0.2, 0.25) is 0 Å². The second kappa shape index (κ2) is 11.8. The predicted molar refractivity (Wildman–Crippen MR) is 142 cm³/mol. The van der Waals surface area contributed by atoms with Crippen molar-refractivity contribution in [3.05, 3.63) is 81.4 Å². The van der Waals surface area contributed by atoms with E-state index in [4.69, 9.17) is 14.2 Å². The topological polar surface area (TPSA) is 129 Å². The number of thioether (sulfide) groups is 1. The number of hydrogen-bond donors (Lipinski definition) is 2. The van der Waals surface area contributed by atoms with Crippen molar-refractivity contribution in [2.24, 2.45) is 0 Å². The fraction of sp³-hybridized carbons (Fsp3) is 0.333. The van der Waals surface area contributed by atoms with E-state index in [1.54, 1.807) is 12.1 Å². The first-order valence-electron chi connectivity index (χ1n) is 12.0. The van der Waals surface area contributed by atoms with E-state index in [-0.39, 0.29) is 24.8 Å². The Morgan fingerprint density at radius 2 is 1.89 bits per heavy atom. The molecule has 200 valence electrons. The molecule has 3 atom stereocenters. The molecule has 1 aliphatic rings. The molecule has 4 rings (SSSR count). The number of aliphatic hydroxyl groups excluding tert-OH is 1. The number of rotatable bonds is 7. The summed E-state index contributed by atoms with van der Waals surface area (Å²) in [5.41, 5.74) is 2.58. The molecular weight excluding hydrogens is 510 g/mol. The first-order valence-corrected chi connectivity index (χ1v) is 13.2. The largest absolute Gasteiger partial charge is 0.513 e. The molecule has 3 aromatic rings. The molecule has 38 heavy (non-hydrogen) atoms. The lowest BCUT2D eigenvalue weighted by Crippen LogP contribution is -2.30. The highest BCUT2D eigenvalue weighted by Gasteiger charge is 2.36. The average Bonchev–Trinajstić information content (AvgIpc) is 3.22. The molecule has 1 aliphatic heterocycles. The van der Waals surface area contributed by atoms with Crippen molar-refractivity contribution in [1.82, 2.24) is 9.55 Å². The van der Waals surface area contributed by atoms with Crippen molar-refractivity contribution >= 4 is 29.6 Å². The molecule has 0 saturated carbocycles. The zero-order chi connectivity index (χ0) is 27.4. The molecule has 1 amide bonds. The minimum absolute atomic E-state index is 0.0907. The normalized spacial score (nSPS) is 18.7. The molecule has 0 radical (unpaired) electrons. The third-order valence-electron chi connectivity index (χ3n) is 6.12. The quantitative estimate of drug-likeness (QED) is 0.260. The number of para-hydroxylation sites is 1. The number of nitrogens with one attached hydrogen (secondary N) is 1. The molecular formula is C27H29N3O7S. The second-order valence-electron chi connectivity index (χ2n) is 8.98. The van der Waals surface area contributed by atoms with E-state index < -0.39 is 30.3 Å². The summed E-state index contributed by atoms with van der Waals surface area (Å²) in [5.74, 6) is 0.108. The van der Waals surface area contributed by atoms with Crippen LogP contribution in [0.3, 0.4) is 0 Å². The van der Waals surface area contributed by atoms with E-state index in [0.29, 0.717) is 11.3 Å². The van der Waals surface area contributed by atoms with Crippen LogP contribution in [-0.4, -0.2) is 51.8 Å². The number of carbonyl (C=O) groups excluding carboxylic acids is 2. The van der Waals surface area contributed by atoms with Gasteiger partial charge in [0.1, 0.15) is 30.5 Å². The maximum atomic E-state index is 12.8. The lowest BCUT2D eigenvalue weighted by Gasteiger charge is -2.16. The number of aryl methyl sites for hydroxylation is 3. The number of aromatic nitrogens is 2. The molecule has 1 fully saturated rings. The minimum Gasteiger partial charge on any atom is -0.431 e. The third kappa shape index (κ3) is 6.24. The monoisotopic (exact) mass is 539 g/mol. The molecule has 1 aromatic heterocycles. The van der Waals surface area contributed by atoms with Gasteiger partial charge in [-0.05, 0) is 56.4 Å². The van der Waals surface area contributed by atoms with Crippen LogP contribution < -0.4 is 15.7 Å². The van der Waals surface area contributed by atoms with Crippen LogP contribution in [0.5, 0.6) is 5.75 Å². The Balaban J connectivity index is 1.36. The summed E-state index contributed by atoms with van der Waals surface area (Å²) in [5, 5.41) is 13.1. The number of benzene rings is 2. The van der Waals surface area contributed by atoms with Crippen molar-refractivity contribution in [3.63, 3.8) is 0 Å². The van der Waals surface area contributed by atoms with Gasteiger partial charge in [-0.1, -0.05) is 29.8 Å². The number of hydrogen-bond acceptors (Lipinski definition) is 9. The summed E-state index contributed by atoms with van der Waals surface area (Å²) in [6.07, 6.45) is -0.199. The van der Waals surface area contributed by atoms with Gasteiger partial charge in [0, 0.05) is 18.2 Å². The first kappa shape index (κ1) is 27.4.